The zero-order valence-corrected chi connectivity index (χ0v) is 64.1. The van der Waals surface area contributed by atoms with E-state index in [1.165, 1.54) is 64.3 Å². The Bertz CT molecular complexity index is 4420. The van der Waals surface area contributed by atoms with Crippen LogP contribution in [-0.4, -0.2) is 99.6 Å². The van der Waals surface area contributed by atoms with Crippen LogP contribution in [0.5, 0.6) is 0 Å². The SMILES string of the molecule is C.C[C@@H](N)C(N)=O.C[C@@H](Nc1ccc(C#N)c(Br)c1)C(N)=O.Cc1cc(N)sn1.Cc1cc(Nc2cc(N[C@H](C)C(N)=O)ccc2C#N)sn1.Cc1cc(Nc2cc(N[C@H](C)C(N)=O)ccc2C(N)=O)sn1.Cc1cc(Nc2cc(N[C@H](C)C(N)=O)ccc2C(N)=O)sn1.N#Cc1ccc(F)cc1Br.OO. The second kappa shape index (κ2) is 47.0. The highest BCUT2D eigenvalue weighted by molar-refractivity contribution is 9.10. The molecule has 0 fully saturated rings. The minimum Gasteiger partial charge on any atom is -0.389 e. The van der Waals surface area contributed by atoms with Gasteiger partial charge in [0.2, 0.25) is 29.5 Å². The number of aryl methyl sites for hydroxylation is 4. The van der Waals surface area contributed by atoms with Crippen LogP contribution in [-0.2, 0) is 24.0 Å². The molecule has 0 radical (unpaired) electrons. The van der Waals surface area contributed by atoms with Gasteiger partial charge in [0.05, 0.1) is 73.7 Å². The molecule has 32 nitrogen and oxygen atoms in total. The molecule has 0 saturated carbocycles. The third kappa shape index (κ3) is 33.8. The number of carbonyl (C=O) groups excluding carboxylic acids is 7. The van der Waals surface area contributed by atoms with Crippen molar-refractivity contribution in [3.63, 3.8) is 0 Å². The van der Waals surface area contributed by atoms with Gasteiger partial charge in [0, 0.05) is 31.7 Å². The maximum Gasteiger partial charge on any atom is 0.250 e. The van der Waals surface area contributed by atoms with Crippen LogP contribution in [0.2, 0.25) is 0 Å². The lowest BCUT2D eigenvalue weighted by molar-refractivity contribution is -0.176. The van der Waals surface area contributed by atoms with Gasteiger partial charge in [-0.05, 0) is 256 Å². The molecule has 0 aliphatic heterocycles. The number of nitrogen functional groups attached to an aromatic ring is 1. The minimum atomic E-state index is -0.543. The molecule has 39 heteroatoms. The summed E-state index contributed by atoms with van der Waals surface area (Å²) < 4.78 is 30.0. The van der Waals surface area contributed by atoms with Crippen molar-refractivity contribution < 1.29 is 48.5 Å². The Morgan fingerprint density at radius 2 is 0.717 bits per heavy atom. The number of anilines is 11. The van der Waals surface area contributed by atoms with Gasteiger partial charge < -0.3 is 88.8 Å². The van der Waals surface area contributed by atoms with E-state index in [9.17, 15) is 38.0 Å². The lowest BCUT2D eigenvalue weighted by Crippen LogP contribution is -2.32. The van der Waals surface area contributed by atoms with Gasteiger partial charge >= 0.3 is 0 Å². The number of nitrogens with one attached hydrogen (secondary N) is 7. The summed E-state index contributed by atoms with van der Waals surface area (Å²) in [6.45, 7) is 15.8. The number of nitrogens with zero attached hydrogens (tertiary/aromatic N) is 7. The smallest absolute Gasteiger partial charge is 0.250 e. The lowest BCUT2D eigenvalue weighted by atomic mass is 10.1. The largest absolute Gasteiger partial charge is 0.389 e. The number of carbonyl (C=O) groups is 7. The maximum absolute atomic E-state index is 12.3. The molecule has 9 aromatic rings. The Labute approximate surface area is 644 Å². The number of primary amides is 7. The van der Waals surface area contributed by atoms with E-state index in [0.29, 0.717) is 70.9 Å². The Morgan fingerprint density at radius 1 is 0.434 bits per heavy atom. The van der Waals surface area contributed by atoms with Crippen LogP contribution in [0.1, 0.15) is 102 Å². The first-order valence-corrected chi connectivity index (χ1v) is 34.9. The van der Waals surface area contributed by atoms with E-state index < -0.39 is 71.6 Å². The van der Waals surface area contributed by atoms with Gasteiger partial charge in [-0.3, -0.25) is 44.1 Å². The van der Waals surface area contributed by atoms with Crippen molar-refractivity contribution in [1.82, 2.24) is 17.5 Å². The van der Waals surface area contributed by atoms with E-state index in [4.69, 9.17) is 72.2 Å². The first-order valence-electron chi connectivity index (χ1n) is 30.2. The molecule has 0 saturated heterocycles. The summed E-state index contributed by atoms with van der Waals surface area (Å²) in [5, 5.41) is 62.7. The van der Waals surface area contributed by atoms with E-state index in [0.717, 1.165) is 48.5 Å². The number of rotatable bonds is 21. The van der Waals surface area contributed by atoms with E-state index in [-0.39, 0.29) is 13.2 Å². The molecule has 4 heterocycles. The van der Waals surface area contributed by atoms with Crippen LogP contribution >= 0.6 is 78.0 Å². The molecule has 27 N–H and O–H groups in total. The second-order valence-electron chi connectivity index (χ2n) is 21.7. The van der Waals surface area contributed by atoms with Crippen LogP contribution in [0, 0.1) is 67.5 Å². The molecule has 0 unspecified atom stereocenters. The first-order chi connectivity index (χ1) is 49.4. The zero-order chi connectivity index (χ0) is 79.4. The number of hydrogen-bond donors (Lipinski definition) is 18. The number of aromatic nitrogens is 4. The van der Waals surface area contributed by atoms with Crippen LogP contribution in [0.3, 0.4) is 0 Å². The molecule has 7 amide bonds. The molecule has 0 aliphatic carbocycles. The summed E-state index contributed by atoms with van der Waals surface area (Å²) in [5.74, 6) is -3.68. The number of hydrogen-bond acceptors (Lipinski definition) is 29. The standard InChI is InChI=1S/2C14H17N5O2S.C14H15N5OS.C10H10BrN3O.C7H3BrFN.C4H6N2S.C3H8N2O.CH4.H2O2/c2*1-7-5-12(22-19-7)18-11-6-9(17-8(2)13(15)20)3-4-10(11)14(16)21;1-8-5-13(21-19-8)18-12-6-11(4-3-10(12)7-15)17-9(2)14(16)20;1-6(10(13)15)14-8-3-2-7(5-12)9(11)4-8;8-7-3-6(9)2-1-5(7)4-10;1-3-2-4(5)7-6-3;1-2(4)3(5)6;;1-2/h2*3-6,8,17-18H,1-2H3,(H2,15,20)(H2,16,21);3-6,9,17-18H,1-2H3,(H2,16,20);2-4,6,14H,1H3,(H2,13,15);1-3H;2H,5H2,1H3;2H,4H2,1H3,(H2,5,6);1H4;1-2H/t2*8-;9-;6-;;;2-;;/m1111..1../s1. The quantitative estimate of drug-likeness (QED) is 0.0235. The predicted octanol–water partition coefficient (Wildman–Crippen LogP) is 10.1. The van der Waals surface area contributed by atoms with Crippen molar-refractivity contribution in [2.24, 2.45) is 45.9 Å². The summed E-state index contributed by atoms with van der Waals surface area (Å²) >= 11 is 11.5. The van der Waals surface area contributed by atoms with Gasteiger partial charge in [-0.1, -0.05) is 7.43 Å². The Morgan fingerprint density at radius 3 is 0.972 bits per heavy atom. The van der Waals surface area contributed by atoms with Crippen LogP contribution in [0.4, 0.5) is 64.2 Å². The van der Waals surface area contributed by atoms with E-state index in [1.807, 2.05) is 64.1 Å². The second-order valence-corrected chi connectivity index (χ2v) is 26.6. The summed E-state index contributed by atoms with van der Waals surface area (Å²) in [6, 6.07) is 35.2. The lowest BCUT2D eigenvalue weighted by Gasteiger charge is -2.15. The topological polar surface area (TPSA) is 601 Å². The normalized spacial score (nSPS) is 11.1. The fraction of sp³-hybridized carbons (Fsp3) is 0.224. The minimum absolute atomic E-state index is 0. The number of halogens is 3. The monoisotopic (exact) mass is 1660 g/mol. The number of nitrogens with two attached hydrogens (primary N) is 9. The van der Waals surface area contributed by atoms with Gasteiger partial charge in [-0.25, -0.2) is 4.39 Å². The molecule has 0 spiro atoms. The fourth-order valence-electron chi connectivity index (χ4n) is 7.35. The highest BCUT2D eigenvalue weighted by Crippen LogP contribution is 2.31. The highest BCUT2D eigenvalue weighted by atomic mass is 79.9. The van der Waals surface area contributed by atoms with E-state index in [1.54, 1.807) is 107 Å². The predicted molar refractivity (Wildman–Crippen MR) is 424 cm³/mol. The van der Waals surface area contributed by atoms with Gasteiger partial charge in [-0.2, -0.15) is 33.3 Å². The molecule has 5 atom stereocenters. The Kier molecular flexibility index (Phi) is 41.1. The molecular weight excluding hydrogens is 1580 g/mol. The number of benzene rings is 5. The molecule has 5 aromatic carbocycles. The summed E-state index contributed by atoms with van der Waals surface area (Å²) in [4.78, 5) is 77.0. The van der Waals surface area contributed by atoms with Crippen molar-refractivity contribution >= 4 is 179 Å². The molecule has 564 valence electrons. The van der Waals surface area contributed by atoms with Gasteiger partial charge in [-0.15, -0.1) is 0 Å². The van der Waals surface area contributed by atoms with Crippen molar-refractivity contribution in [2.75, 3.05) is 43.0 Å². The molecule has 106 heavy (non-hydrogen) atoms. The summed E-state index contributed by atoms with van der Waals surface area (Å²) in [6.07, 6.45) is 0. The summed E-state index contributed by atoms with van der Waals surface area (Å²) in [7, 11) is 0. The van der Waals surface area contributed by atoms with Gasteiger partial charge in [0.15, 0.2) is 0 Å². The summed E-state index contributed by atoms with van der Waals surface area (Å²) in [5.41, 5.74) is 56.9. The van der Waals surface area contributed by atoms with Gasteiger partial charge in [0.25, 0.3) is 11.8 Å². The van der Waals surface area contributed by atoms with Crippen molar-refractivity contribution in [1.29, 1.82) is 15.8 Å². The maximum atomic E-state index is 12.3. The Balaban J connectivity index is 0.000000639. The molecule has 9 rings (SSSR count). The molecule has 4 aromatic heterocycles. The van der Waals surface area contributed by atoms with Gasteiger partial charge in [0.1, 0.15) is 68.2 Å². The van der Waals surface area contributed by atoms with Crippen LogP contribution in [0.25, 0.3) is 0 Å². The third-order valence-electron chi connectivity index (χ3n) is 12.8. The van der Waals surface area contributed by atoms with Crippen molar-refractivity contribution in [2.45, 2.75) is 99.9 Å². The Hall–Kier alpha value is -11.5. The average Bonchev–Trinajstić information content (AvgIpc) is 1.37. The first kappa shape index (κ1) is 92.6. The number of nitriles is 3. The molecule has 0 bridgehead atoms. The van der Waals surface area contributed by atoms with Crippen LogP contribution < -0.4 is 88.8 Å². The third-order valence-corrected chi connectivity index (χ3v) is 17.3. The zero-order valence-electron chi connectivity index (χ0n) is 57.7. The highest BCUT2D eigenvalue weighted by Gasteiger charge is 2.17. The van der Waals surface area contributed by atoms with Crippen molar-refractivity contribution in [3.05, 3.63) is 181 Å². The number of amides is 7. The van der Waals surface area contributed by atoms with E-state index in [2.05, 4.69) is 98.4 Å². The molecular formula is C67H82Br2FN23O9S4. The average molecular weight is 1660 g/mol. The van der Waals surface area contributed by atoms with E-state index >= 15 is 0 Å². The molecule has 0 aliphatic rings. The fourth-order valence-corrected chi connectivity index (χ4v) is 10.8. The van der Waals surface area contributed by atoms with Crippen molar-refractivity contribution in [3.8, 4) is 18.2 Å². The van der Waals surface area contributed by atoms with Crippen LogP contribution in [0.15, 0.2) is 124 Å².